The zero-order chi connectivity index (χ0) is 12.8. The molecule has 0 aliphatic carbocycles. The zero-order valence-electron chi connectivity index (χ0n) is 9.90. The average molecular weight is 298 g/mol. The first-order valence-corrected chi connectivity index (χ1v) is 6.11. The monoisotopic (exact) mass is 297 g/mol. The second kappa shape index (κ2) is 3.95. The van der Waals surface area contributed by atoms with Crippen molar-refractivity contribution in [3.8, 4) is 0 Å². The standard InChI is InChI=1S/C13H13BrFNO/c1-13(2,3)12(17)7-6-16-9-5-4-8(14)11(15)10(7)9/h4-6,16H,1-3H3. The summed E-state index contributed by atoms with van der Waals surface area (Å²) in [5.74, 6) is -0.461. The molecule has 1 N–H and O–H groups in total. The van der Waals surface area contributed by atoms with Crippen molar-refractivity contribution in [3.63, 3.8) is 0 Å². The van der Waals surface area contributed by atoms with Crippen LogP contribution < -0.4 is 0 Å². The Morgan fingerprint density at radius 2 is 2.00 bits per heavy atom. The fourth-order valence-electron chi connectivity index (χ4n) is 1.74. The van der Waals surface area contributed by atoms with Crippen LogP contribution in [0.3, 0.4) is 0 Å². The van der Waals surface area contributed by atoms with Gasteiger partial charge in [-0.2, -0.15) is 0 Å². The number of aromatic amines is 1. The molecule has 0 atom stereocenters. The lowest BCUT2D eigenvalue weighted by Crippen LogP contribution is -2.20. The second-order valence-corrected chi connectivity index (χ2v) is 5.92. The Hall–Kier alpha value is -1.16. The molecule has 1 heterocycles. The molecule has 2 rings (SSSR count). The van der Waals surface area contributed by atoms with Crippen LogP contribution in [0.25, 0.3) is 10.9 Å². The Kier molecular flexibility index (Phi) is 2.86. The minimum Gasteiger partial charge on any atom is -0.360 e. The van der Waals surface area contributed by atoms with Gasteiger partial charge in [0.2, 0.25) is 0 Å². The van der Waals surface area contributed by atoms with Crippen LogP contribution in [0.1, 0.15) is 31.1 Å². The number of hydrogen-bond acceptors (Lipinski definition) is 1. The van der Waals surface area contributed by atoms with E-state index in [0.29, 0.717) is 20.9 Å². The van der Waals surface area contributed by atoms with Gasteiger partial charge in [-0.05, 0) is 28.1 Å². The fourth-order valence-corrected chi connectivity index (χ4v) is 2.07. The summed E-state index contributed by atoms with van der Waals surface area (Å²) < 4.78 is 14.4. The van der Waals surface area contributed by atoms with Gasteiger partial charge in [-0.1, -0.05) is 20.8 Å². The summed E-state index contributed by atoms with van der Waals surface area (Å²) in [6.45, 7) is 5.47. The third-order valence-corrected chi connectivity index (χ3v) is 3.27. The van der Waals surface area contributed by atoms with Crippen LogP contribution in [-0.2, 0) is 0 Å². The van der Waals surface area contributed by atoms with Crippen LogP contribution in [0.2, 0.25) is 0 Å². The molecule has 0 radical (unpaired) electrons. The van der Waals surface area contributed by atoms with E-state index in [1.807, 2.05) is 20.8 Å². The first kappa shape index (κ1) is 12.3. The van der Waals surface area contributed by atoms with Crippen molar-refractivity contribution in [2.75, 3.05) is 0 Å². The van der Waals surface area contributed by atoms with Gasteiger partial charge in [0.1, 0.15) is 5.82 Å². The summed E-state index contributed by atoms with van der Waals surface area (Å²) >= 11 is 3.13. The minimum absolute atomic E-state index is 0.0687. The smallest absolute Gasteiger partial charge is 0.170 e. The van der Waals surface area contributed by atoms with E-state index in [1.165, 1.54) is 0 Å². The molecule has 0 spiro atoms. The highest BCUT2D eigenvalue weighted by Gasteiger charge is 2.26. The Morgan fingerprint density at radius 3 is 2.59 bits per heavy atom. The number of ketones is 1. The molecule has 0 amide bonds. The van der Waals surface area contributed by atoms with E-state index in [1.54, 1.807) is 18.3 Å². The number of halogens is 2. The van der Waals surface area contributed by atoms with E-state index in [-0.39, 0.29) is 5.78 Å². The van der Waals surface area contributed by atoms with Gasteiger partial charge in [0.15, 0.2) is 5.78 Å². The number of carbonyl (C=O) groups is 1. The minimum atomic E-state index is -0.524. The third-order valence-electron chi connectivity index (χ3n) is 2.66. The van der Waals surface area contributed by atoms with Crippen molar-refractivity contribution in [2.45, 2.75) is 20.8 Å². The highest BCUT2D eigenvalue weighted by Crippen LogP contribution is 2.31. The number of Topliss-reactive ketones (excluding diaryl/α,β-unsaturated/α-hetero) is 1. The number of fused-ring (bicyclic) bond motifs is 1. The lowest BCUT2D eigenvalue weighted by molar-refractivity contribution is 0.0860. The van der Waals surface area contributed by atoms with Crippen LogP contribution in [0.4, 0.5) is 4.39 Å². The molecule has 2 aromatic rings. The lowest BCUT2D eigenvalue weighted by atomic mass is 9.86. The normalized spacial score (nSPS) is 12.1. The summed E-state index contributed by atoms with van der Waals surface area (Å²) in [5.41, 5.74) is 0.522. The lowest BCUT2D eigenvalue weighted by Gasteiger charge is -2.15. The van der Waals surface area contributed by atoms with Crippen LogP contribution in [0.15, 0.2) is 22.8 Å². The Labute approximate surface area is 107 Å². The zero-order valence-corrected chi connectivity index (χ0v) is 11.5. The van der Waals surface area contributed by atoms with Crippen LogP contribution in [-0.4, -0.2) is 10.8 Å². The molecule has 0 aliphatic rings. The topological polar surface area (TPSA) is 32.9 Å². The molecular formula is C13H13BrFNO. The molecule has 90 valence electrons. The van der Waals surface area contributed by atoms with Crippen molar-refractivity contribution in [1.29, 1.82) is 0 Å². The fraction of sp³-hybridized carbons (Fsp3) is 0.308. The number of rotatable bonds is 1. The van der Waals surface area contributed by atoms with Gasteiger partial charge in [0.05, 0.1) is 4.47 Å². The maximum absolute atomic E-state index is 14.0. The first-order chi connectivity index (χ1) is 7.82. The molecule has 17 heavy (non-hydrogen) atoms. The summed E-state index contributed by atoms with van der Waals surface area (Å²) in [6.07, 6.45) is 1.58. The summed E-state index contributed by atoms with van der Waals surface area (Å²) in [5, 5.41) is 0.360. The molecule has 0 bridgehead atoms. The van der Waals surface area contributed by atoms with Crippen LogP contribution >= 0.6 is 15.9 Å². The van der Waals surface area contributed by atoms with Gasteiger partial charge in [-0.25, -0.2) is 4.39 Å². The van der Waals surface area contributed by atoms with Crippen molar-refractivity contribution < 1.29 is 9.18 Å². The van der Waals surface area contributed by atoms with Crippen molar-refractivity contribution in [2.24, 2.45) is 5.41 Å². The maximum Gasteiger partial charge on any atom is 0.170 e. The van der Waals surface area contributed by atoms with Gasteiger partial charge in [-0.3, -0.25) is 4.79 Å². The van der Waals surface area contributed by atoms with E-state index in [0.717, 1.165) is 0 Å². The largest absolute Gasteiger partial charge is 0.360 e. The summed E-state index contributed by atoms with van der Waals surface area (Å²) in [6, 6.07) is 3.38. The number of H-pyrrole nitrogens is 1. The summed E-state index contributed by atoms with van der Waals surface area (Å²) in [4.78, 5) is 15.1. The molecule has 0 saturated heterocycles. The van der Waals surface area contributed by atoms with Crippen LogP contribution in [0, 0.1) is 11.2 Å². The number of aromatic nitrogens is 1. The Balaban J connectivity index is 2.72. The number of benzene rings is 1. The highest BCUT2D eigenvalue weighted by atomic mass is 79.9. The molecule has 4 heteroatoms. The SMILES string of the molecule is CC(C)(C)C(=O)c1c[nH]c2ccc(Br)c(F)c12. The van der Waals surface area contributed by atoms with Gasteiger partial charge in [0, 0.05) is 28.1 Å². The van der Waals surface area contributed by atoms with Crippen LogP contribution in [0.5, 0.6) is 0 Å². The van der Waals surface area contributed by atoms with Crippen molar-refractivity contribution in [1.82, 2.24) is 4.98 Å². The second-order valence-electron chi connectivity index (χ2n) is 5.07. The molecule has 0 saturated carbocycles. The average Bonchev–Trinajstić information content (AvgIpc) is 2.65. The van der Waals surface area contributed by atoms with E-state index in [4.69, 9.17) is 0 Å². The van der Waals surface area contributed by atoms with Gasteiger partial charge < -0.3 is 4.98 Å². The molecule has 1 aromatic carbocycles. The van der Waals surface area contributed by atoms with E-state index in [2.05, 4.69) is 20.9 Å². The summed E-state index contributed by atoms with van der Waals surface area (Å²) in [7, 11) is 0. The van der Waals surface area contributed by atoms with Crippen molar-refractivity contribution in [3.05, 3.63) is 34.2 Å². The van der Waals surface area contributed by atoms with E-state index in [9.17, 15) is 9.18 Å². The quantitative estimate of drug-likeness (QED) is 0.782. The number of hydrogen-bond donors (Lipinski definition) is 1. The predicted molar refractivity (Wildman–Crippen MR) is 69.7 cm³/mol. The maximum atomic E-state index is 14.0. The molecule has 0 unspecified atom stereocenters. The third kappa shape index (κ3) is 2.02. The predicted octanol–water partition coefficient (Wildman–Crippen LogP) is 4.30. The molecular weight excluding hydrogens is 285 g/mol. The van der Waals surface area contributed by atoms with E-state index >= 15 is 0 Å². The van der Waals surface area contributed by atoms with Gasteiger partial charge >= 0.3 is 0 Å². The molecule has 2 nitrogen and oxygen atoms in total. The number of nitrogens with one attached hydrogen (secondary N) is 1. The molecule has 0 aliphatic heterocycles. The van der Waals surface area contributed by atoms with Gasteiger partial charge in [0.25, 0.3) is 0 Å². The number of carbonyl (C=O) groups excluding carboxylic acids is 1. The molecule has 1 aromatic heterocycles. The molecule has 0 fully saturated rings. The van der Waals surface area contributed by atoms with E-state index < -0.39 is 11.2 Å². The Bertz CT molecular complexity index is 595. The van der Waals surface area contributed by atoms with Gasteiger partial charge in [-0.15, -0.1) is 0 Å². The first-order valence-electron chi connectivity index (χ1n) is 5.32. The Morgan fingerprint density at radius 1 is 1.35 bits per heavy atom. The van der Waals surface area contributed by atoms with Crippen molar-refractivity contribution >= 4 is 32.6 Å². The highest BCUT2D eigenvalue weighted by molar-refractivity contribution is 9.10.